The van der Waals surface area contributed by atoms with Crippen LogP contribution in [0.4, 0.5) is 4.39 Å². The van der Waals surface area contributed by atoms with Crippen molar-refractivity contribution >= 4 is 5.91 Å². The van der Waals surface area contributed by atoms with Gasteiger partial charge in [0.05, 0.1) is 17.8 Å². The van der Waals surface area contributed by atoms with Crippen LogP contribution in [0.3, 0.4) is 0 Å². The van der Waals surface area contributed by atoms with Crippen LogP contribution in [0, 0.1) is 31.5 Å². The molecule has 1 aromatic heterocycles. The van der Waals surface area contributed by atoms with Crippen LogP contribution in [0.2, 0.25) is 0 Å². The van der Waals surface area contributed by atoms with E-state index in [-0.39, 0.29) is 23.8 Å². The number of aryl methyl sites for hydroxylation is 1. The van der Waals surface area contributed by atoms with Gasteiger partial charge in [0.15, 0.2) is 0 Å². The van der Waals surface area contributed by atoms with Gasteiger partial charge < -0.3 is 11.1 Å². The zero-order valence-electron chi connectivity index (χ0n) is 16.6. The van der Waals surface area contributed by atoms with E-state index in [9.17, 15) is 9.18 Å². The summed E-state index contributed by atoms with van der Waals surface area (Å²) >= 11 is 0. The molecule has 1 amide bonds. The molecule has 28 heavy (non-hydrogen) atoms. The van der Waals surface area contributed by atoms with E-state index >= 15 is 0 Å². The molecule has 0 saturated heterocycles. The molecular weight excluding hydrogens is 355 g/mol. The highest BCUT2D eigenvalue weighted by molar-refractivity contribution is 5.79. The Morgan fingerprint density at radius 1 is 1.21 bits per heavy atom. The Hall–Kier alpha value is -2.21. The van der Waals surface area contributed by atoms with Crippen LogP contribution in [0.15, 0.2) is 24.3 Å². The number of carbonyl (C=O) groups excluding carboxylic acids is 1. The lowest BCUT2D eigenvalue weighted by molar-refractivity contribution is -0.122. The van der Waals surface area contributed by atoms with E-state index in [1.54, 1.807) is 16.8 Å². The predicted molar refractivity (Wildman–Crippen MR) is 107 cm³/mol. The molecule has 4 rings (SSSR count). The number of nitrogens with one attached hydrogen (secondary N) is 1. The Kier molecular flexibility index (Phi) is 5.23. The van der Waals surface area contributed by atoms with E-state index < -0.39 is 0 Å². The van der Waals surface area contributed by atoms with Gasteiger partial charge >= 0.3 is 0 Å². The standard InChI is InChI=1S/C22H29FN4O/c1-13-20(14(2)27(26-13)19-8-6-17(23)7-9-19)12-21(28)25-22-15-4-3-5-16(22)11-18(24)10-15/h6-9,15-16,18,22H,3-5,10-12,24H2,1-2H3,(H,25,28). The highest BCUT2D eigenvalue weighted by Crippen LogP contribution is 2.39. The highest BCUT2D eigenvalue weighted by atomic mass is 19.1. The molecule has 2 aliphatic rings. The molecule has 5 nitrogen and oxygen atoms in total. The fourth-order valence-electron chi connectivity index (χ4n) is 5.19. The zero-order chi connectivity index (χ0) is 19.8. The maximum absolute atomic E-state index is 13.2. The van der Waals surface area contributed by atoms with Crippen molar-refractivity contribution < 1.29 is 9.18 Å². The Bertz CT molecular complexity index is 846. The highest BCUT2D eigenvalue weighted by Gasteiger charge is 2.39. The summed E-state index contributed by atoms with van der Waals surface area (Å²) < 4.78 is 15.0. The van der Waals surface area contributed by atoms with Gasteiger partial charge in [-0.3, -0.25) is 4.79 Å². The summed E-state index contributed by atoms with van der Waals surface area (Å²) in [5, 5.41) is 7.89. The van der Waals surface area contributed by atoms with Crippen molar-refractivity contribution in [3.63, 3.8) is 0 Å². The summed E-state index contributed by atoms with van der Waals surface area (Å²) in [7, 11) is 0. The Morgan fingerprint density at radius 2 is 1.86 bits per heavy atom. The second kappa shape index (κ2) is 7.66. The molecule has 2 aromatic rings. The third-order valence-electron chi connectivity index (χ3n) is 6.55. The second-order valence-electron chi connectivity index (χ2n) is 8.49. The molecule has 2 saturated carbocycles. The van der Waals surface area contributed by atoms with Crippen LogP contribution < -0.4 is 11.1 Å². The lowest BCUT2D eigenvalue weighted by atomic mass is 9.67. The van der Waals surface area contributed by atoms with Gasteiger partial charge in [0, 0.05) is 23.3 Å². The summed E-state index contributed by atoms with van der Waals surface area (Å²) in [6.45, 7) is 3.88. The molecule has 0 spiro atoms. The first-order chi connectivity index (χ1) is 13.4. The average molecular weight is 384 g/mol. The molecule has 0 radical (unpaired) electrons. The lowest BCUT2D eigenvalue weighted by Crippen LogP contribution is -2.54. The summed E-state index contributed by atoms with van der Waals surface area (Å²) in [6.07, 6.45) is 5.92. The first kappa shape index (κ1) is 19.1. The van der Waals surface area contributed by atoms with Crippen molar-refractivity contribution in [2.75, 3.05) is 0 Å². The second-order valence-corrected chi connectivity index (χ2v) is 8.49. The van der Waals surface area contributed by atoms with Crippen LogP contribution in [-0.2, 0) is 11.2 Å². The summed E-state index contributed by atoms with van der Waals surface area (Å²) in [5.41, 5.74) is 9.70. The normalized spacial score (nSPS) is 26.9. The van der Waals surface area contributed by atoms with Gasteiger partial charge in [-0.2, -0.15) is 5.10 Å². The smallest absolute Gasteiger partial charge is 0.224 e. The van der Waals surface area contributed by atoms with Gasteiger partial charge in [0.2, 0.25) is 5.91 Å². The molecule has 0 aliphatic heterocycles. The Balaban J connectivity index is 1.48. The molecule has 150 valence electrons. The van der Waals surface area contributed by atoms with E-state index in [2.05, 4.69) is 10.4 Å². The quantitative estimate of drug-likeness (QED) is 0.850. The van der Waals surface area contributed by atoms with Crippen LogP contribution in [-0.4, -0.2) is 27.8 Å². The topological polar surface area (TPSA) is 72.9 Å². The minimum absolute atomic E-state index is 0.0576. The largest absolute Gasteiger partial charge is 0.353 e. The molecule has 2 aliphatic carbocycles. The first-order valence-electron chi connectivity index (χ1n) is 10.3. The number of amides is 1. The predicted octanol–water partition coefficient (Wildman–Crippen LogP) is 3.19. The third kappa shape index (κ3) is 3.70. The first-order valence-corrected chi connectivity index (χ1v) is 10.3. The summed E-state index contributed by atoms with van der Waals surface area (Å²) in [5.74, 6) is 0.802. The number of fused-ring (bicyclic) bond motifs is 2. The number of carbonyl (C=O) groups is 1. The van der Waals surface area contributed by atoms with Gasteiger partial charge in [-0.05, 0) is 75.6 Å². The Labute approximate surface area is 165 Å². The molecule has 1 heterocycles. The van der Waals surface area contributed by atoms with E-state index in [1.165, 1.54) is 18.6 Å². The molecule has 2 unspecified atom stereocenters. The molecular formula is C22H29FN4O. The number of nitrogens with zero attached hydrogens (tertiary/aromatic N) is 2. The van der Waals surface area contributed by atoms with Crippen LogP contribution in [0.25, 0.3) is 5.69 Å². The number of hydrogen-bond acceptors (Lipinski definition) is 3. The maximum atomic E-state index is 13.2. The fraction of sp³-hybridized carbons (Fsp3) is 0.545. The van der Waals surface area contributed by atoms with Crippen molar-refractivity contribution in [2.24, 2.45) is 17.6 Å². The van der Waals surface area contributed by atoms with Crippen LogP contribution in [0.1, 0.15) is 49.1 Å². The third-order valence-corrected chi connectivity index (χ3v) is 6.55. The molecule has 2 bridgehead atoms. The van der Waals surface area contributed by atoms with Crippen molar-refractivity contribution in [1.29, 1.82) is 0 Å². The van der Waals surface area contributed by atoms with Gasteiger partial charge in [0.1, 0.15) is 5.82 Å². The van der Waals surface area contributed by atoms with Gasteiger partial charge in [0.25, 0.3) is 0 Å². The molecule has 6 heteroatoms. The van der Waals surface area contributed by atoms with Crippen molar-refractivity contribution in [1.82, 2.24) is 15.1 Å². The number of halogens is 1. The fourth-order valence-corrected chi connectivity index (χ4v) is 5.19. The van der Waals surface area contributed by atoms with Crippen molar-refractivity contribution in [2.45, 2.75) is 64.5 Å². The molecule has 2 fully saturated rings. The van der Waals surface area contributed by atoms with Gasteiger partial charge in [-0.1, -0.05) is 6.42 Å². The number of nitrogens with two attached hydrogens (primary N) is 1. The average Bonchev–Trinajstić information content (AvgIpc) is 2.91. The number of aromatic nitrogens is 2. The van der Waals surface area contributed by atoms with Crippen LogP contribution >= 0.6 is 0 Å². The van der Waals surface area contributed by atoms with Crippen LogP contribution in [0.5, 0.6) is 0 Å². The SMILES string of the molecule is Cc1nn(-c2ccc(F)cc2)c(C)c1CC(=O)NC1C2CCCC1CC(N)C2. The van der Waals surface area contributed by atoms with Crippen molar-refractivity contribution in [3.8, 4) is 5.69 Å². The molecule has 1 aromatic carbocycles. The summed E-state index contributed by atoms with van der Waals surface area (Å²) in [6, 6.07) is 6.78. The van der Waals surface area contributed by atoms with E-state index in [0.29, 0.717) is 18.3 Å². The number of benzene rings is 1. The summed E-state index contributed by atoms with van der Waals surface area (Å²) in [4.78, 5) is 12.9. The van der Waals surface area contributed by atoms with Gasteiger partial charge in [-0.25, -0.2) is 9.07 Å². The lowest BCUT2D eigenvalue weighted by Gasteiger charge is -2.45. The van der Waals surface area contributed by atoms with E-state index in [4.69, 9.17) is 5.73 Å². The van der Waals surface area contributed by atoms with E-state index in [1.807, 2.05) is 13.8 Å². The van der Waals surface area contributed by atoms with Gasteiger partial charge in [-0.15, -0.1) is 0 Å². The maximum Gasteiger partial charge on any atom is 0.224 e. The molecule has 3 N–H and O–H groups in total. The monoisotopic (exact) mass is 384 g/mol. The molecule has 2 atom stereocenters. The number of rotatable bonds is 4. The van der Waals surface area contributed by atoms with Crippen molar-refractivity contribution in [3.05, 3.63) is 47.0 Å². The number of hydrogen-bond donors (Lipinski definition) is 2. The van der Waals surface area contributed by atoms with E-state index in [0.717, 1.165) is 48.3 Å². The Morgan fingerprint density at radius 3 is 2.50 bits per heavy atom. The zero-order valence-corrected chi connectivity index (χ0v) is 16.6. The minimum Gasteiger partial charge on any atom is -0.353 e. The minimum atomic E-state index is -0.275.